The lowest BCUT2D eigenvalue weighted by Gasteiger charge is -2.09. The molecule has 1 aromatic heterocycles. The van der Waals surface area contributed by atoms with E-state index in [4.69, 9.17) is 0 Å². The SMILES string of the molecule is O=C1C=CC(=O)N1c1ccc[nH]1. The highest BCUT2D eigenvalue weighted by atomic mass is 16.2. The summed E-state index contributed by atoms with van der Waals surface area (Å²) in [5.41, 5.74) is 0. The minimum absolute atomic E-state index is 0.303. The zero-order valence-corrected chi connectivity index (χ0v) is 6.15. The van der Waals surface area contributed by atoms with Gasteiger partial charge >= 0.3 is 0 Å². The van der Waals surface area contributed by atoms with Crippen LogP contribution in [-0.4, -0.2) is 16.8 Å². The Bertz CT molecular complexity index is 333. The van der Waals surface area contributed by atoms with Crippen molar-refractivity contribution in [1.82, 2.24) is 4.98 Å². The summed E-state index contributed by atoms with van der Waals surface area (Å²) < 4.78 is 0. The van der Waals surface area contributed by atoms with E-state index in [0.29, 0.717) is 5.82 Å². The molecule has 60 valence electrons. The van der Waals surface area contributed by atoms with Gasteiger partial charge in [-0.05, 0) is 12.1 Å². The molecule has 2 amide bonds. The van der Waals surface area contributed by atoms with E-state index in [1.807, 2.05) is 0 Å². The largest absolute Gasteiger partial charge is 0.348 e. The van der Waals surface area contributed by atoms with E-state index < -0.39 is 0 Å². The monoisotopic (exact) mass is 162 g/mol. The number of nitrogens with one attached hydrogen (secondary N) is 1. The lowest BCUT2D eigenvalue weighted by atomic mass is 10.5. The molecule has 2 rings (SSSR count). The van der Waals surface area contributed by atoms with E-state index in [1.165, 1.54) is 12.2 Å². The maximum Gasteiger partial charge on any atom is 0.259 e. The fourth-order valence-corrected chi connectivity index (χ4v) is 1.10. The van der Waals surface area contributed by atoms with Crippen LogP contribution in [-0.2, 0) is 9.59 Å². The van der Waals surface area contributed by atoms with Gasteiger partial charge in [-0.1, -0.05) is 0 Å². The maximum atomic E-state index is 11.1. The normalized spacial score (nSPS) is 16.2. The highest BCUT2D eigenvalue weighted by molar-refractivity contribution is 6.27. The molecule has 0 unspecified atom stereocenters. The Balaban J connectivity index is 2.37. The molecule has 0 saturated heterocycles. The fraction of sp³-hybridized carbons (Fsp3) is 0. The molecule has 1 N–H and O–H groups in total. The number of aromatic amines is 1. The molecule has 0 radical (unpaired) electrons. The molecule has 0 spiro atoms. The standard InChI is InChI=1S/C8H6N2O2/c11-7-3-4-8(12)10(7)6-2-1-5-9-6/h1-5,9H. The maximum absolute atomic E-state index is 11.1. The van der Waals surface area contributed by atoms with Crippen LogP contribution in [0.4, 0.5) is 5.82 Å². The van der Waals surface area contributed by atoms with E-state index in [2.05, 4.69) is 4.98 Å². The Morgan fingerprint density at radius 2 is 1.83 bits per heavy atom. The Kier molecular flexibility index (Phi) is 1.33. The van der Waals surface area contributed by atoms with E-state index in [1.54, 1.807) is 18.3 Å². The van der Waals surface area contributed by atoms with Gasteiger partial charge in [-0.15, -0.1) is 0 Å². The molecule has 1 aliphatic heterocycles. The lowest BCUT2D eigenvalue weighted by molar-refractivity contribution is -0.120. The molecule has 0 saturated carbocycles. The quantitative estimate of drug-likeness (QED) is 0.609. The number of nitrogens with zero attached hydrogens (tertiary/aromatic N) is 1. The summed E-state index contributed by atoms with van der Waals surface area (Å²) in [6.07, 6.45) is 4.17. The zero-order chi connectivity index (χ0) is 8.55. The zero-order valence-electron chi connectivity index (χ0n) is 6.15. The van der Waals surface area contributed by atoms with Crippen LogP contribution in [0, 0.1) is 0 Å². The van der Waals surface area contributed by atoms with E-state index >= 15 is 0 Å². The van der Waals surface area contributed by atoms with Crippen LogP contribution in [0.25, 0.3) is 0 Å². The van der Waals surface area contributed by atoms with Crippen molar-refractivity contribution in [3.05, 3.63) is 30.5 Å². The number of carbonyl (C=O) groups is 2. The molecule has 0 bridgehead atoms. The number of aromatic nitrogens is 1. The van der Waals surface area contributed by atoms with Crippen molar-refractivity contribution in [1.29, 1.82) is 0 Å². The van der Waals surface area contributed by atoms with Crippen LogP contribution >= 0.6 is 0 Å². The van der Waals surface area contributed by atoms with Crippen molar-refractivity contribution in [3.8, 4) is 0 Å². The minimum Gasteiger partial charge on any atom is -0.348 e. The average molecular weight is 162 g/mol. The summed E-state index contributed by atoms with van der Waals surface area (Å²) in [4.78, 5) is 26.0. The molecule has 12 heavy (non-hydrogen) atoms. The first-order valence-corrected chi connectivity index (χ1v) is 3.48. The second-order valence-electron chi connectivity index (χ2n) is 2.40. The van der Waals surface area contributed by atoms with Gasteiger partial charge < -0.3 is 4.98 Å². The van der Waals surface area contributed by atoms with Crippen molar-refractivity contribution >= 4 is 17.6 Å². The van der Waals surface area contributed by atoms with Gasteiger partial charge in [-0.2, -0.15) is 0 Å². The molecule has 0 atom stereocenters. The van der Waals surface area contributed by atoms with Crippen LogP contribution in [0.3, 0.4) is 0 Å². The topological polar surface area (TPSA) is 53.2 Å². The summed E-state index contributed by atoms with van der Waals surface area (Å²) in [6, 6.07) is 3.40. The number of hydrogen-bond acceptors (Lipinski definition) is 2. The van der Waals surface area contributed by atoms with Gasteiger partial charge in [0.2, 0.25) is 0 Å². The fourth-order valence-electron chi connectivity index (χ4n) is 1.10. The Morgan fingerprint density at radius 3 is 2.33 bits per heavy atom. The van der Waals surface area contributed by atoms with Crippen LogP contribution in [0.1, 0.15) is 0 Å². The number of amides is 2. The Hall–Kier alpha value is -1.84. The average Bonchev–Trinajstić information content (AvgIpc) is 2.61. The van der Waals surface area contributed by atoms with Crippen LogP contribution in [0.2, 0.25) is 0 Å². The third kappa shape index (κ3) is 0.852. The van der Waals surface area contributed by atoms with Gasteiger partial charge in [0.15, 0.2) is 0 Å². The second kappa shape index (κ2) is 2.34. The second-order valence-corrected chi connectivity index (χ2v) is 2.40. The first-order chi connectivity index (χ1) is 5.79. The molecule has 4 nitrogen and oxygen atoms in total. The summed E-state index contributed by atoms with van der Waals surface area (Å²) in [6.45, 7) is 0. The number of anilines is 1. The summed E-state index contributed by atoms with van der Waals surface area (Å²) in [5, 5.41) is 0. The summed E-state index contributed by atoms with van der Waals surface area (Å²) in [5.74, 6) is -0.0973. The number of carbonyl (C=O) groups excluding carboxylic acids is 2. The highest BCUT2D eigenvalue weighted by Gasteiger charge is 2.25. The summed E-state index contributed by atoms with van der Waals surface area (Å²) >= 11 is 0. The van der Waals surface area contributed by atoms with Gasteiger partial charge in [0.1, 0.15) is 5.82 Å². The smallest absolute Gasteiger partial charge is 0.259 e. The molecule has 0 aliphatic carbocycles. The van der Waals surface area contributed by atoms with Crippen molar-refractivity contribution in [2.45, 2.75) is 0 Å². The first-order valence-electron chi connectivity index (χ1n) is 3.48. The number of H-pyrrole nitrogens is 1. The molecule has 2 heterocycles. The number of imide groups is 1. The molecule has 0 fully saturated rings. The van der Waals surface area contributed by atoms with Gasteiger partial charge in [0.05, 0.1) is 0 Å². The Morgan fingerprint density at radius 1 is 1.17 bits per heavy atom. The van der Waals surface area contributed by atoms with Crippen molar-refractivity contribution < 1.29 is 9.59 Å². The first kappa shape index (κ1) is 6.84. The highest BCUT2D eigenvalue weighted by Crippen LogP contribution is 2.15. The molecule has 1 aliphatic rings. The molecular weight excluding hydrogens is 156 g/mol. The van der Waals surface area contributed by atoms with Crippen LogP contribution < -0.4 is 4.90 Å². The molecule has 1 aromatic rings. The van der Waals surface area contributed by atoms with Crippen molar-refractivity contribution in [2.24, 2.45) is 0 Å². The van der Waals surface area contributed by atoms with E-state index in [9.17, 15) is 9.59 Å². The van der Waals surface area contributed by atoms with Gasteiger partial charge in [-0.25, -0.2) is 4.90 Å². The number of rotatable bonds is 1. The molecular formula is C8H6N2O2. The van der Waals surface area contributed by atoms with Crippen molar-refractivity contribution in [2.75, 3.05) is 4.90 Å². The van der Waals surface area contributed by atoms with Gasteiger partial charge in [0.25, 0.3) is 11.8 Å². The van der Waals surface area contributed by atoms with Gasteiger partial charge in [-0.3, -0.25) is 9.59 Å². The van der Waals surface area contributed by atoms with E-state index in [-0.39, 0.29) is 11.8 Å². The lowest BCUT2D eigenvalue weighted by Crippen LogP contribution is -2.29. The Labute approximate surface area is 68.5 Å². The van der Waals surface area contributed by atoms with Crippen LogP contribution in [0.15, 0.2) is 30.5 Å². The van der Waals surface area contributed by atoms with E-state index in [0.717, 1.165) is 4.90 Å². The predicted molar refractivity (Wildman–Crippen MR) is 42.4 cm³/mol. The number of hydrogen-bond donors (Lipinski definition) is 1. The van der Waals surface area contributed by atoms with Crippen LogP contribution in [0.5, 0.6) is 0 Å². The predicted octanol–water partition coefficient (Wildman–Crippen LogP) is 0.444. The van der Waals surface area contributed by atoms with Crippen molar-refractivity contribution in [3.63, 3.8) is 0 Å². The summed E-state index contributed by atoms with van der Waals surface area (Å²) in [7, 11) is 0. The molecule has 4 heteroatoms. The molecule has 0 aromatic carbocycles. The third-order valence-electron chi connectivity index (χ3n) is 1.63. The third-order valence-corrected chi connectivity index (χ3v) is 1.63. The van der Waals surface area contributed by atoms with Gasteiger partial charge in [0, 0.05) is 18.3 Å². The minimum atomic E-state index is -0.303.